The van der Waals surface area contributed by atoms with E-state index in [1.807, 2.05) is 0 Å². The molecule has 0 unspecified atom stereocenters. The van der Waals surface area contributed by atoms with E-state index in [1.54, 1.807) is 52.1 Å². The van der Waals surface area contributed by atoms with E-state index in [4.69, 9.17) is 14.9 Å². The van der Waals surface area contributed by atoms with E-state index in [-0.39, 0.29) is 38.0 Å². The predicted molar refractivity (Wildman–Crippen MR) is 132 cm³/mol. The summed E-state index contributed by atoms with van der Waals surface area (Å²) < 4.78 is 57.2. The number of hydrogen-bond acceptors (Lipinski definition) is 6. The van der Waals surface area contributed by atoms with Gasteiger partial charge in [0, 0.05) is 25.5 Å². The number of nitrogens with zero attached hydrogens (tertiary/aromatic N) is 1. The maximum atomic E-state index is 13.8. The normalized spacial score (nSPS) is 11.5. The van der Waals surface area contributed by atoms with Crippen LogP contribution in [0.5, 0.6) is 0 Å². The molecule has 0 saturated carbocycles. The second kappa shape index (κ2) is 14.2. The largest absolute Gasteiger partial charge is 0.506 e. The van der Waals surface area contributed by atoms with Crippen molar-refractivity contribution < 1.29 is 47.2 Å². The molecule has 3 N–H and O–H groups in total. The first-order valence-corrected chi connectivity index (χ1v) is 11.3. The van der Waals surface area contributed by atoms with Gasteiger partial charge >= 0.3 is 11.9 Å². The van der Waals surface area contributed by atoms with Gasteiger partial charge in [-0.05, 0) is 64.2 Å². The number of ether oxygens (including phenoxy) is 1. The number of aliphatic imine (C=N–C) groups is 1. The van der Waals surface area contributed by atoms with Crippen molar-refractivity contribution in [3.63, 3.8) is 0 Å². The van der Waals surface area contributed by atoms with Crippen LogP contribution in [0.4, 0.5) is 17.6 Å². The zero-order valence-electron chi connectivity index (χ0n) is 17.3. The highest BCUT2D eigenvalue weighted by molar-refractivity contribution is 14.1. The molecule has 0 spiro atoms. The number of aliphatic hydroxyl groups is 2. The Hall–Kier alpha value is -2.27. The van der Waals surface area contributed by atoms with Crippen LogP contribution in [0, 0.1) is 30.4 Å². The van der Waals surface area contributed by atoms with Gasteiger partial charge in [0.05, 0.1) is 30.9 Å². The Morgan fingerprint density at radius 2 is 1.44 bits per heavy atom. The predicted octanol–water partition coefficient (Wildman–Crippen LogP) is 4.73. The highest BCUT2D eigenvalue weighted by atomic mass is 127. The van der Waals surface area contributed by atoms with Crippen molar-refractivity contribution in [3.8, 4) is 0 Å². The van der Waals surface area contributed by atoms with Gasteiger partial charge in [-0.1, -0.05) is 0 Å². The molecular formula is C21H17F4I2NO6. The van der Waals surface area contributed by atoms with E-state index in [0.29, 0.717) is 12.1 Å². The molecule has 2 aromatic rings. The highest BCUT2D eigenvalue weighted by Gasteiger charge is 2.20. The number of carbonyl (C=O) groups is 2. The second-order valence-corrected chi connectivity index (χ2v) is 8.36. The van der Waals surface area contributed by atoms with Crippen molar-refractivity contribution in [2.24, 2.45) is 4.99 Å². The van der Waals surface area contributed by atoms with Crippen molar-refractivity contribution >= 4 is 69.1 Å². The van der Waals surface area contributed by atoms with Gasteiger partial charge in [0.1, 0.15) is 34.6 Å². The lowest BCUT2D eigenvalue weighted by Gasteiger charge is -2.08. The summed E-state index contributed by atoms with van der Waals surface area (Å²) in [5, 5.41) is 27.2. The van der Waals surface area contributed by atoms with Gasteiger partial charge in [-0.2, -0.15) is 0 Å². The standard InChI is InChI=1S/C14H14F2INO4.C7H3F2IO2/c1-2-22-14(21)9(7-18-3-4-19)13(20)8-5-12(17)11(16)6-10(8)15;8-4-2-5(9)6(10)1-3(4)7(11)12/h5-7,19-20H,2-4H2,1H3;1-2H,(H,11,12). The Bertz CT molecular complexity index is 1120. The van der Waals surface area contributed by atoms with Crippen LogP contribution in [-0.2, 0) is 9.53 Å². The lowest BCUT2D eigenvalue weighted by molar-refractivity contribution is -0.137. The van der Waals surface area contributed by atoms with Crippen molar-refractivity contribution in [2.45, 2.75) is 6.92 Å². The van der Waals surface area contributed by atoms with Crippen LogP contribution in [0.2, 0.25) is 0 Å². The lowest BCUT2D eigenvalue weighted by atomic mass is 10.1. The fraction of sp³-hybridized carbons (Fsp3) is 0.190. The van der Waals surface area contributed by atoms with Gasteiger partial charge in [0.15, 0.2) is 0 Å². The van der Waals surface area contributed by atoms with E-state index in [2.05, 4.69) is 4.99 Å². The van der Waals surface area contributed by atoms with Crippen LogP contribution in [0.15, 0.2) is 34.8 Å². The number of esters is 1. The Morgan fingerprint density at radius 3 is 1.91 bits per heavy atom. The summed E-state index contributed by atoms with van der Waals surface area (Å²) in [5.41, 5.74) is -1.23. The van der Waals surface area contributed by atoms with E-state index < -0.39 is 46.5 Å². The number of carboxylic acids is 1. The lowest BCUT2D eigenvalue weighted by Crippen LogP contribution is -2.12. The summed E-state index contributed by atoms with van der Waals surface area (Å²) in [6.07, 6.45) is 0.985. The van der Waals surface area contributed by atoms with Gasteiger partial charge in [-0.15, -0.1) is 0 Å². The van der Waals surface area contributed by atoms with Gasteiger partial charge in [0.2, 0.25) is 0 Å². The van der Waals surface area contributed by atoms with Gasteiger partial charge in [0.25, 0.3) is 0 Å². The van der Waals surface area contributed by atoms with Crippen molar-refractivity contribution in [2.75, 3.05) is 19.8 Å². The molecule has 0 aliphatic carbocycles. The SMILES string of the molecule is CCOC(=O)C(C=NCCO)=C(O)c1cc(I)c(F)cc1F.O=C(O)c1cc(I)c(F)cc1F. The van der Waals surface area contributed by atoms with Crippen LogP contribution in [0.25, 0.3) is 5.76 Å². The minimum atomic E-state index is -1.40. The molecule has 0 saturated heterocycles. The van der Waals surface area contributed by atoms with Gasteiger partial charge < -0.3 is 20.1 Å². The first-order chi connectivity index (χ1) is 15.9. The first kappa shape index (κ1) is 29.8. The zero-order chi connectivity index (χ0) is 26.0. The Kier molecular flexibility index (Phi) is 12.4. The smallest absolute Gasteiger partial charge is 0.343 e. The summed E-state index contributed by atoms with van der Waals surface area (Å²) in [6, 6.07) is 3.19. The molecule has 0 aliphatic rings. The molecule has 0 fully saturated rings. The molecule has 0 amide bonds. The molecule has 7 nitrogen and oxygen atoms in total. The minimum Gasteiger partial charge on any atom is -0.506 e. The van der Waals surface area contributed by atoms with Gasteiger partial charge in [-0.3, -0.25) is 4.99 Å². The summed E-state index contributed by atoms with van der Waals surface area (Å²) >= 11 is 3.23. The summed E-state index contributed by atoms with van der Waals surface area (Å²) in [4.78, 5) is 25.9. The average molecular weight is 709 g/mol. The quantitative estimate of drug-likeness (QED) is 0.0729. The molecule has 2 rings (SSSR count). The Morgan fingerprint density at radius 1 is 0.941 bits per heavy atom. The fourth-order valence-electron chi connectivity index (χ4n) is 2.17. The zero-order valence-corrected chi connectivity index (χ0v) is 21.6. The third-order valence-electron chi connectivity index (χ3n) is 3.71. The van der Waals surface area contributed by atoms with Crippen LogP contribution < -0.4 is 0 Å². The van der Waals surface area contributed by atoms with E-state index >= 15 is 0 Å². The second-order valence-electron chi connectivity index (χ2n) is 6.04. The van der Waals surface area contributed by atoms with Crippen molar-refractivity contribution in [1.82, 2.24) is 0 Å². The monoisotopic (exact) mass is 709 g/mol. The van der Waals surface area contributed by atoms with E-state index in [9.17, 15) is 32.3 Å². The molecule has 0 aliphatic heterocycles. The number of benzene rings is 2. The van der Waals surface area contributed by atoms with Crippen LogP contribution in [0.3, 0.4) is 0 Å². The Balaban J connectivity index is 0.000000404. The molecular weight excluding hydrogens is 692 g/mol. The molecule has 0 atom stereocenters. The Labute approximate surface area is 218 Å². The number of rotatable bonds is 7. The summed E-state index contributed by atoms with van der Waals surface area (Å²) in [6.45, 7) is 1.36. The average Bonchev–Trinajstić information content (AvgIpc) is 2.76. The molecule has 13 heteroatoms. The van der Waals surface area contributed by atoms with Crippen molar-refractivity contribution in [3.05, 3.63) is 71.4 Å². The summed E-state index contributed by atoms with van der Waals surface area (Å²) in [7, 11) is 0. The molecule has 0 radical (unpaired) electrons. The van der Waals surface area contributed by atoms with Crippen LogP contribution in [0.1, 0.15) is 22.8 Å². The fourth-order valence-corrected chi connectivity index (χ4v) is 3.10. The number of aromatic carboxylic acids is 1. The third-order valence-corrected chi connectivity index (χ3v) is 5.36. The van der Waals surface area contributed by atoms with Crippen molar-refractivity contribution in [1.29, 1.82) is 0 Å². The van der Waals surface area contributed by atoms with Gasteiger partial charge in [-0.25, -0.2) is 27.2 Å². The molecule has 184 valence electrons. The number of aliphatic hydroxyl groups excluding tert-OH is 2. The van der Waals surface area contributed by atoms with Crippen LogP contribution in [-0.4, -0.2) is 53.2 Å². The molecule has 0 bridgehead atoms. The topological polar surface area (TPSA) is 116 Å². The minimum absolute atomic E-state index is 0.000378. The number of halogens is 6. The maximum Gasteiger partial charge on any atom is 0.343 e. The number of hydrogen-bond donors (Lipinski definition) is 3. The maximum absolute atomic E-state index is 13.8. The molecule has 0 aromatic heterocycles. The highest BCUT2D eigenvalue weighted by Crippen LogP contribution is 2.24. The number of carboxylic acid groups (broad SMARTS) is 1. The van der Waals surface area contributed by atoms with E-state index in [0.717, 1.165) is 18.3 Å². The first-order valence-electron chi connectivity index (χ1n) is 9.18. The molecule has 2 aromatic carbocycles. The van der Waals surface area contributed by atoms with E-state index in [1.165, 1.54) is 0 Å². The third kappa shape index (κ3) is 8.50. The molecule has 0 heterocycles. The number of carbonyl (C=O) groups excluding carboxylic acids is 1. The summed E-state index contributed by atoms with van der Waals surface area (Å²) in [5.74, 6) is -6.62. The molecule has 34 heavy (non-hydrogen) atoms. The van der Waals surface area contributed by atoms with Crippen LogP contribution >= 0.6 is 45.2 Å².